The second-order valence-electron chi connectivity index (χ2n) is 9.11. The first-order valence-corrected chi connectivity index (χ1v) is 15.6. The molecule has 0 saturated carbocycles. The lowest BCUT2D eigenvalue weighted by molar-refractivity contribution is 0.0942. The molecule has 0 aliphatic carbocycles. The molecule has 0 atom stereocenters. The molecule has 0 amide bonds. The second-order valence-corrected chi connectivity index (χ2v) is 11.4. The fourth-order valence-electron chi connectivity index (χ4n) is 3.65. The normalized spacial score (nSPS) is 10.2. The van der Waals surface area contributed by atoms with E-state index in [4.69, 9.17) is 46.4 Å². The summed E-state index contributed by atoms with van der Waals surface area (Å²) in [5.41, 5.74) is 3.62. The van der Waals surface area contributed by atoms with Crippen molar-refractivity contribution in [2.24, 2.45) is 0 Å². The van der Waals surface area contributed by atoms with Gasteiger partial charge in [-0.05, 0) is 48.9 Å². The number of ketones is 2. The largest absolute Gasteiger partial charge is 0.295 e. The van der Waals surface area contributed by atoms with Crippen molar-refractivity contribution in [2.45, 2.75) is 26.3 Å². The van der Waals surface area contributed by atoms with E-state index in [1.807, 2.05) is 90.8 Å². The highest BCUT2D eigenvalue weighted by Gasteiger charge is 2.11. The minimum absolute atomic E-state index is 0.0955. The number of rotatable bonds is 9. The van der Waals surface area contributed by atoms with E-state index in [0.29, 0.717) is 33.5 Å². The van der Waals surface area contributed by atoms with E-state index in [2.05, 4.69) is 22.9 Å². The summed E-state index contributed by atoms with van der Waals surface area (Å²) in [7, 11) is 1.89. The molecule has 8 heteroatoms. The van der Waals surface area contributed by atoms with Crippen LogP contribution in [0.3, 0.4) is 0 Å². The standard InChI is InChI=1S/C16H15Cl2NO.C9H10Cl2.C8H7BrO/c1-19(10-13-7-8-14(17)9-15(13)18)11-16(20)12-5-3-2-4-6-12;1-2-3-7-4-5-8(10)6-9(7)11;9-6-8(10)7-4-2-1-3-5-7/h2-9H,10-11H2,1H3;4-6H,2-3H2,1H3;1-5H,6H2. The Morgan fingerprint density at radius 2 is 1.15 bits per heavy atom. The number of hydrogen-bond acceptors (Lipinski definition) is 3. The lowest BCUT2D eigenvalue weighted by Gasteiger charge is -2.16. The summed E-state index contributed by atoms with van der Waals surface area (Å²) in [6, 6.07) is 29.5. The average molecular weight is 696 g/mol. The summed E-state index contributed by atoms with van der Waals surface area (Å²) >= 11 is 26.8. The summed E-state index contributed by atoms with van der Waals surface area (Å²) in [6.45, 7) is 3.09. The van der Waals surface area contributed by atoms with Crippen molar-refractivity contribution >= 4 is 73.9 Å². The number of nitrogens with zero attached hydrogens (tertiary/aromatic N) is 1. The molecule has 216 valence electrons. The number of hydrogen-bond donors (Lipinski definition) is 0. The minimum Gasteiger partial charge on any atom is -0.295 e. The molecule has 4 aromatic carbocycles. The molecule has 0 N–H and O–H groups in total. The summed E-state index contributed by atoms with van der Waals surface area (Å²) in [5.74, 6) is 0.221. The van der Waals surface area contributed by atoms with Crippen molar-refractivity contribution in [1.29, 1.82) is 0 Å². The Morgan fingerprint density at radius 3 is 1.59 bits per heavy atom. The van der Waals surface area contributed by atoms with E-state index in [-0.39, 0.29) is 11.6 Å². The van der Waals surface area contributed by atoms with E-state index in [1.54, 1.807) is 18.2 Å². The molecule has 0 aliphatic rings. The number of carbonyl (C=O) groups is 2. The van der Waals surface area contributed by atoms with Gasteiger partial charge in [-0.15, -0.1) is 0 Å². The molecule has 0 heterocycles. The lowest BCUT2D eigenvalue weighted by Crippen LogP contribution is -2.25. The summed E-state index contributed by atoms with van der Waals surface area (Å²) in [4.78, 5) is 25.0. The third kappa shape index (κ3) is 13.1. The van der Waals surface area contributed by atoms with Crippen molar-refractivity contribution in [3.05, 3.63) is 139 Å². The number of halogens is 5. The van der Waals surface area contributed by atoms with Crippen molar-refractivity contribution in [2.75, 3.05) is 18.9 Å². The molecule has 41 heavy (non-hydrogen) atoms. The summed E-state index contributed by atoms with van der Waals surface area (Å²) < 4.78 is 0. The van der Waals surface area contributed by atoms with Crippen LogP contribution in [-0.2, 0) is 13.0 Å². The van der Waals surface area contributed by atoms with Gasteiger partial charge in [0.15, 0.2) is 11.6 Å². The van der Waals surface area contributed by atoms with Crippen LogP contribution in [0.5, 0.6) is 0 Å². The molecule has 0 aromatic heterocycles. The molecule has 4 rings (SSSR count). The van der Waals surface area contributed by atoms with Gasteiger partial charge in [0.1, 0.15) is 0 Å². The van der Waals surface area contributed by atoms with Gasteiger partial charge in [0.25, 0.3) is 0 Å². The van der Waals surface area contributed by atoms with Crippen LogP contribution in [0.15, 0.2) is 97.1 Å². The van der Waals surface area contributed by atoms with Crippen LogP contribution in [0.1, 0.15) is 45.2 Å². The first-order chi connectivity index (χ1) is 19.6. The zero-order valence-corrected chi connectivity index (χ0v) is 27.5. The maximum atomic E-state index is 12.1. The summed E-state index contributed by atoms with van der Waals surface area (Å²) in [5, 5.41) is 3.12. The average Bonchev–Trinajstić information content (AvgIpc) is 2.97. The van der Waals surface area contributed by atoms with Crippen LogP contribution in [0.25, 0.3) is 0 Å². The van der Waals surface area contributed by atoms with Crippen LogP contribution in [0.4, 0.5) is 0 Å². The Hall–Kier alpha value is -2.18. The highest BCUT2D eigenvalue weighted by Crippen LogP contribution is 2.23. The topological polar surface area (TPSA) is 37.4 Å². The molecule has 3 nitrogen and oxygen atoms in total. The van der Waals surface area contributed by atoms with Gasteiger partial charge in [-0.2, -0.15) is 0 Å². The van der Waals surface area contributed by atoms with Gasteiger partial charge in [0, 0.05) is 37.8 Å². The Morgan fingerprint density at radius 1 is 0.683 bits per heavy atom. The number of alkyl halides is 1. The summed E-state index contributed by atoms with van der Waals surface area (Å²) in [6.07, 6.45) is 2.14. The van der Waals surface area contributed by atoms with Crippen LogP contribution in [0, 0.1) is 0 Å². The quantitative estimate of drug-likeness (QED) is 0.129. The third-order valence-electron chi connectivity index (χ3n) is 5.72. The molecule has 0 fully saturated rings. The van der Waals surface area contributed by atoms with Crippen molar-refractivity contribution in [3.63, 3.8) is 0 Å². The van der Waals surface area contributed by atoms with Gasteiger partial charge in [0.05, 0.1) is 11.9 Å². The molecule has 0 radical (unpaired) electrons. The molecular formula is C33H32BrCl4NO2. The van der Waals surface area contributed by atoms with Gasteiger partial charge in [-0.1, -0.05) is 148 Å². The predicted octanol–water partition coefficient (Wildman–Crippen LogP) is 10.5. The highest BCUT2D eigenvalue weighted by molar-refractivity contribution is 9.09. The van der Waals surface area contributed by atoms with Crippen LogP contribution >= 0.6 is 62.3 Å². The zero-order valence-electron chi connectivity index (χ0n) is 22.9. The van der Waals surface area contributed by atoms with Crippen molar-refractivity contribution in [1.82, 2.24) is 4.90 Å². The van der Waals surface area contributed by atoms with Gasteiger partial charge in [-0.3, -0.25) is 14.5 Å². The van der Waals surface area contributed by atoms with Crippen LogP contribution < -0.4 is 0 Å². The smallest absolute Gasteiger partial charge is 0.176 e. The molecule has 0 aliphatic heterocycles. The fourth-order valence-corrected chi connectivity index (χ4v) is 4.95. The number of Topliss-reactive ketones (excluding diaryl/α,β-unsaturated/α-hetero) is 2. The fraction of sp³-hybridized carbons (Fsp3) is 0.212. The van der Waals surface area contributed by atoms with Crippen molar-refractivity contribution in [3.8, 4) is 0 Å². The number of likely N-dealkylation sites (N-methyl/N-ethyl adjacent to an activating group) is 1. The highest BCUT2D eigenvalue weighted by atomic mass is 79.9. The van der Waals surface area contributed by atoms with Gasteiger partial charge in [0.2, 0.25) is 0 Å². The Labute approximate surface area is 271 Å². The van der Waals surface area contributed by atoms with Gasteiger partial charge < -0.3 is 0 Å². The SMILES string of the molecule is CCCc1ccc(Cl)cc1Cl.CN(CC(=O)c1ccccc1)Cc1ccc(Cl)cc1Cl.O=C(CBr)c1ccccc1. The van der Waals surface area contributed by atoms with Crippen LogP contribution in [-0.4, -0.2) is 35.4 Å². The van der Waals surface area contributed by atoms with E-state index < -0.39 is 0 Å². The Kier molecular flexibility index (Phi) is 16.3. The zero-order chi connectivity index (χ0) is 30.2. The Balaban J connectivity index is 0.000000236. The maximum Gasteiger partial charge on any atom is 0.176 e. The number of aryl methyl sites for hydroxylation is 1. The van der Waals surface area contributed by atoms with E-state index >= 15 is 0 Å². The van der Waals surface area contributed by atoms with Gasteiger partial charge in [-0.25, -0.2) is 0 Å². The third-order valence-corrected chi connectivity index (χ3v) is 7.40. The molecule has 0 spiro atoms. The van der Waals surface area contributed by atoms with Crippen LogP contribution in [0.2, 0.25) is 20.1 Å². The first kappa shape index (κ1) is 35.0. The molecular weight excluding hydrogens is 664 g/mol. The Bertz CT molecular complexity index is 1380. The molecule has 0 unspecified atom stereocenters. The maximum absolute atomic E-state index is 12.1. The van der Waals surface area contributed by atoms with E-state index in [0.717, 1.165) is 34.6 Å². The lowest BCUT2D eigenvalue weighted by atomic mass is 10.1. The van der Waals surface area contributed by atoms with E-state index in [1.165, 1.54) is 5.56 Å². The number of benzene rings is 4. The monoisotopic (exact) mass is 693 g/mol. The molecule has 0 bridgehead atoms. The van der Waals surface area contributed by atoms with E-state index in [9.17, 15) is 9.59 Å². The molecule has 0 saturated heterocycles. The predicted molar refractivity (Wildman–Crippen MR) is 179 cm³/mol. The minimum atomic E-state index is 0.0955. The van der Waals surface area contributed by atoms with Crippen molar-refractivity contribution < 1.29 is 9.59 Å². The molecule has 4 aromatic rings. The second kappa shape index (κ2) is 19.1. The van der Waals surface area contributed by atoms with Gasteiger partial charge >= 0.3 is 0 Å². The number of carbonyl (C=O) groups excluding carboxylic acids is 2. The first-order valence-electron chi connectivity index (χ1n) is 12.9.